The van der Waals surface area contributed by atoms with Gasteiger partial charge in [-0.1, -0.05) is 23.2 Å². The number of pyridine rings is 1. The van der Waals surface area contributed by atoms with E-state index in [-0.39, 0.29) is 17.9 Å². The number of carbonyl (C=O) groups is 3. The minimum atomic E-state index is -0.943. The first-order valence-corrected chi connectivity index (χ1v) is 10.2. The van der Waals surface area contributed by atoms with E-state index in [1.807, 2.05) is 0 Å². The van der Waals surface area contributed by atoms with E-state index in [1.54, 1.807) is 18.2 Å². The number of rotatable bonds is 7. The van der Waals surface area contributed by atoms with E-state index in [0.29, 0.717) is 18.4 Å². The highest BCUT2D eigenvalue weighted by atomic mass is 35.5. The largest absolute Gasteiger partial charge is 0.454 e. The van der Waals surface area contributed by atoms with E-state index in [4.69, 9.17) is 27.9 Å². The highest BCUT2D eigenvalue weighted by Gasteiger charge is 2.18. The summed E-state index contributed by atoms with van der Waals surface area (Å²) in [4.78, 5) is 49.7. The molecular weight excluding hydrogens is 445 g/mol. The molecule has 0 radical (unpaired) electrons. The molecule has 0 aliphatic carbocycles. The highest BCUT2D eigenvalue weighted by molar-refractivity contribution is 7.18. The molecule has 3 aromatic heterocycles. The predicted octanol–water partition coefficient (Wildman–Crippen LogP) is 4.20. The fourth-order valence-electron chi connectivity index (χ4n) is 2.26. The molecule has 10 heteroatoms. The first-order valence-electron chi connectivity index (χ1n) is 7.79. The summed E-state index contributed by atoms with van der Waals surface area (Å²) in [6, 6.07) is 8.98. The van der Waals surface area contributed by atoms with Gasteiger partial charge in [0.1, 0.15) is 5.56 Å². The summed E-state index contributed by atoms with van der Waals surface area (Å²) in [5.41, 5.74) is -0.952. The van der Waals surface area contributed by atoms with Crippen LogP contribution in [0.15, 0.2) is 47.4 Å². The predicted molar refractivity (Wildman–Crippen MR) is 108 cm³/mol. The van der Waals surface area contributed by atoms with E-state index < -0.39 is 23.9 Å². The molecule has 0 atom stereocenters. The topological polar surface area (TPSA) is 82.4 Å². The second kappa shape index (κ2) is 8.83. The lowest BCUT2D eigenvalue weighted by molar-refractivity contribution is 0.0473. The molecule has 0 N–H and O–H groups in total. The van der Waals surface area contributed by atoms with Gasteiger partial charge in [0.15, 0.2) is 12.4 Å². The van der Waals surface area contributed by atoms with Crippen LogP contribution in [-0.2, 0) is 11.3 Å². The molecule has 0 saturated carbocycles. The molecule has 3 rings (SSSR count). The van der Waals surface area contributed by atoms with Crippen LogP contribution < -0.4 is 5.56 Å². The van der Waals surface area contributed by atoms with E-state index in [0.717, 1.165) is 27.2 Å². The van der Waals surface area contributed by atoms with Crippen molar-refractivity contribution in [3.8, 4) is 0 Å². The number of Topliss-reactive ketones (excluding diaryl/α,β-unsaturated/α-hetero) is 2. The molecule has 0 amide bonds. The standard InChI is InChI=1S/C18H11Cl2NO5S2/c19-15-5-3-13(27-15)11(22)8-21-7-1-2-10(17(21)24)18(25)26-9-12(23)14-4-6-16(20)28-14/h1-7H,8-9H2. The Morgan fingerprint density at radius 1 is 0.929 bits per heavy atom. The molecule has 6 nitrogen and oxygen atoms in total. The van der Waals surface area contributed by atoms with Crippen molar-refractivity contribution in [2.75, 3.05) is 6.61 Å². The van der Waals surface area contributed by atoms with Crippen LogP contribution >= 0.6 is 45.9 Å². The normalized spacial score (nSPS) is 10.6. The summed E-state index contributed by atoms with van der Waals surface area (Å²) < 4.78 is 6.95. The lowest BCUT2D eigenvalue weighted by Crippen LogP contribution is -2.29. The van der Waals surface area contributed by atoms with Crippen LogP contribution in [0, 0.1) is 0 Å². The Hall–Kier alpha value is -2.26. The third-order valence-corrected chi connectivity index (χ3v) is 6.13. The molecule has 0 aromatic carbocycles. The van der Waals surface area contributed by atoms with Gasteiger partial charge in [-0.15, -0.1) is 22.7 Å². The van der Waals surface area contributed by atoms with Crippen LogP contribution in [0.1, 0.15) is 29.7 Å². The zero-order valence-corrected chi connectivity index (χ0v) is 17.2. The third-order valence-electron chi connectivity index (χ3n) is 3.58. The summed E-state index contributed by atoms with van der Waals surface area (Å²) in [5.74, 6) is -1.68. The third kappa shape index (κ3) is 4.77. The molecule has 0 aliphatic rings. The number of hydrogen-bond acceptors (Lipinski definition) is 7. The highest BCUT2D eigenvalue weighted by Crippen LogP contribution is 2.22. The van der Waals surface area contributed by atoms with E-state index in [9.17, 15) is 19.2 Å². The van der Waals surface area contributed by atoms with Crippen molar-refractivity contribution in [1.29, 1.82) is 0 Å². The van der Waals surface area contributed by atoms with Crippen LogP contribution in [0.3, 0.4) is 0 Å². The Morgan fingerprint density at radius 3 is 2.11 bits per heavy atom. The van der Waals surface area contributed by atoms with Gasteiger partial charge in [-0.05, 0) is 36.4 Å². The van der Waals surface area contributed by atoms with Crippen molar-refractivity contribution in [3.63, 3.8) is 0 Å². The molecule has 0 unspecified atom stereocenters. The molecule has 0 aliphatic heterocycles. The van der Waals surface area contributed by atoms with E-state index >= 15 is 0 Å². The fraction of sp³-hybridized carbons (Fsp3) is 0.111. The van der Waals surface area contributed by atoms with Gasteiger partial charge in [0.25, 0.3) is 5.56 Å². The van der Waals surface area contributed by atoms with Crippen molar-refractivity contribution in [1.82, 2.24) is 4.57 Å². The SMILES string of the molecule is O=C(COC(=O)c1cccn(CC(=O)c2ccc(Cl)s2)c1=O)c1ccc(Cl)s1. The van der Waals surface area contributed by atoms with Gasteiger partial charge in [0.2, 0.25) is 5.78 Å². The molecule has 0 spiro atoms. The molecule has 28 heavy (non-hydrogen) atoms. The Balaban J connectivity index is 1.69. The van der Waals surface area contributed by atoms with Crippen LogP contribution in [0.25, 0.3) is 0 Å². The maximum Gasteiger partial charge on any atom is 0.344 e. The number of thiophene rings is 2. The second-order valence-electron chi connectivity index (χ2n) is 5.48. The second-order valence-corrected chi connectivity index (χ2v) is 8.92. The Kier molecular flexibility index (Phi) is 6.46. The number of esters is 1. The number of ketones is 2. The quantitative estimate of drug-likeness (QED) is 0.393. The van der Waals surface area contributed by atoms with Crippen molar-refractivity contribution < 1.29 is 19.1 Å². The summed E-state index contributed by atoms with van der Waals surface area (Å²) in [5, 5.41) is 0. The summed E-state index contributed by atoms with van der Waals surface area (Å²) in [6.07, 6.45) is 1.39. The zero-order valence-electron chi connectivity index (χ0n) is 14.0. The van der Waals surface area contributed by atoms with Crippen LogP contribution in [0.2, 0.25) is 8.67 Å². The van der Waals surface area contributed by atoms with E-state index in [1.165, 1.54) is 24.4 Å². The number of nitrogens with zero attached hydrogens (tertiary/aromatic N) is 1. The molecule has 0 saturated heterocycles. The molecule has 0 bridgehead atoms. The first-order chi connectivity index (χ1) is 13.3. The monoisotopic (exact) mass is 455 g/mol. The summed E-state index contributed by atoms with van der Waals surface area (Å²) >= 11 is 13.8. The molecule has 3 heterocycles. The maximum atomic E-state index is 12.5. The number of hydrogen-bond donors (Lipinski definition) is 0. The smallest absolute Gasteiger partial charge is 0.344 e. The maximum absolute atomic E-state index is 12.5. The Morgan fingerprint density at radius 2 is 1.54 bits per heavy atom. The molecule has 144 valence electrons. The van der Waals surface area contributed by atoms with Gasteiger partial charge in [0.05, 0.1) is 25.0 Å². The van der Waals surface area contributed by atoms with Crippen molar-refractivity contribution in [2.45, 2.75) is 6.54 Å². The zero-order chi connectivity index (χ0) is 20.3. The van der Waals surface area contributed by atoms with Gasteiger partial charge < -0.3 is 9.30 Å². The Bertz CT molecular complexity index is 1120. The van der Waals surface area contributed by atoms with Gasteiger partial charge in [0, 0.05) is 6.20 Å². The van der Waals surface area contributed by atoms with Crippen molar-refractivity contribution in [3.05, 3.63) is 76.9 Å². The average Bonchev–Trinajstić information content (AvgIpc) is 3.29. The minimum absolute atomic E-state index is 0.247. The van der Waals surface area contributed by atoms with Crippen LogP contribution in [0.4, 0.5) is 0 Å². The summed E-state index contributed by atoms with van der Waals surface area (Å²) in [7, 11) is 0. The lowest BCUT2D eigenvalue weighted by atomic mass is 10.2. The minimum Gasteiger partial charge on any atom is -0.454 e. The molecule has 0 fully saturated rings. The van der Waals surface area contributed by atoms with Gasteiger partial charge in [-0.2, -0.15) is 0 Å². The number of aromatic nitrogens is 1. The van der Waals surface area contributed by atoms with Crippen LogP contribution in [-0.4, -0.2) is 28.7 Å². The summed E-state index contributed by atoms with van der Waals surface area (Å²) in [6.45, 7) is -0.764. The van der Waals surface area contributed by atoms with Crippen molar-refractivity contribution in [2.24, 2.45) is 0 Å². The lowest BCUT2D eigenvalue weighted by Gasteiger charge is -2.07. The average molecular weight is 456 g/mol. The molecular formula is C18H11Cl2NO5S2. The van der Waals surface area contributed by atoms with Gasteiger partial charge in [-0.3, -0.25) is 14.4 Å². The number of halogens is 2. The van der Waals surface area contributed by atoms with Gasteiger partial charge in [-0.25, -0.2) is 4.79 Å². The van der Waals surface area contributed by atoms with Crippen molar-refractivity contribution >= 4 is 63.4 Å². The number of ether oxygens (including phenoxy) is 1. The molecule has 3 aromatic rings. The van der Waals surface area contributed by atoms with Crippen LogP contribution in [0.5, 0.6) is 0 Å². The number of carbonyl (C=O) groups excluding carboxylic acids is 3. The van der Waals surface area contributed by atoms with E-state index in [2.05, 4.69) is 0 Å². The van der Waals surface area contributed by atoms with Gasteiger partial charge >= 0.3 is 5.97 Å². The Labute approximate surface area is 176 Å². The first kappa shape index (κ1) is 20.5. The fourth-order valence-corrected chi connectivity index (χ4v) is 4.20.